The molecule has 2 rings (SSSR count). The second-order valence-electron chi connectivity index (χ2n) is 4.68. The Kier molecular flexibility index (Phi) is 5.49. The number of para-hydroxylation sites is 1. The summed E-state index contributed by atoms with van der Waals surface area (Å²) in [5, 5.41) is 0. The van der Waals surface area contributed by atoms with Crippen molar-refractivity contribution in [2.24, 2.45) is 0 Å². The lowest BCUT2D eigenvalue weighted by Crippen LogP contribution is -2.41. The van der Waals surface area contributed by atoms with Crippen molar-refractivity contribution in [1.29, 1.82) is 0 Å². The summed E-state index contributed by atoms with van der Waals surface area (Å²) in [6, 6.07) is 10.4. The maximum Gasteiger partial charge on any atom is 0.119 e. The van der Waals surface area contributed by atoms with E-state index in [2.05, 4.69) is 4.90 Å². The van der Waals surface area contributed by atoms with E-state index in [1.165, 1.54) is 25.9 Å². The van der Waals surface area contributed by atoms with Crippen LogP contribution in [0.3, 0.4) is 0 Å². The predicted octanol–water partition coefficient (Wildman–Crippen LogP) is 2.57. The molecule has 1 aliphatic heterocycles. The van der Waals surface area contributed by atoms with Crippen LogP contribution in [-0.4, -0.2) is 43.9 Å². The van der Waals surface area contributed by atoms with Crippen molar-refractivity contribution in [3.63, 3.8) is 0 Å². The van der Waals surface area contributed by atoms with Gasteiger partial charge in [-0.15, -0.1) is 0 Å². The van der Waals surface area contributed by atoms with Gasteiger partial charge in [0.15, 0.2) is 0 Å². The van der Waals surface area contributed by atoms with Crippen LogP contribution in [0.2, 0.25) is 0 Å². The van der Waals surface area contributed by atoms with Gasteiger partial charge in [0.2, 0.25) is 0 Å². The zero-order chi connectivity index (χ0) is 12.6. The van der Waals surface area contributed by atoms with Crippen LogP contribution in [-0.2, 0) is 4.74 Å². The second-order valence-corrected chi connectivity index (χ2v) is 4.68. The van der Waals surface area contributed by atoms with E-state index >= 15 is 0 Å². The van der Waals surface area contributed by atoms with E-state index in [9.17, 15) is 0 Å². The average molecular weight is 249 g/mol. The molecule has 0 saturated carbocycles. The van der Waals surface area contributed by atoms with Gasteiger partial charge in [-0.2, -0.15) is 0 Å². The summed E-state index contributed by atoms with van der Waals surface area (Å²) in [7, 11) is 0. The van der Waals surface area contributed by atoms with E-state index in [0.717, 1.165) is 19.0 Å². The zero-order valence-corrected chi connectivity index (χ0v) is 11.2. The SMILES string of the molecule is CCOCC(COc1ccccc1)N1CCCC1. The van der Waals surface area contributed by atoms with E-state index in [0.29, 0.717) is 12.6 Å². The van der Waals surface area contributed by atoms with Crippen LogP contribution < -0.4 is 4.74 Å². The van der Waals surface area contributed by atoms with Gasteiger partial charge in [-0.05, 0) is 45.0 Å². The molecule has 1 aromatic carbocycles. The summed E-state index contributed by atoms with van der Waals surface area (Å²) in [5.41, 5.74) is 0. The number of rotatable bonds is 7. The van der Waals surface area contributed by atoms with Gasteiger partial charge in [0, 0.05) is 6.61 Å². The maximum absolute atomic E-state index is 5.86. The quantitative estimate of drug-likeness (QED) is 0.741. The van der Waals surface area contributed by atoms with E-state index < -0.39 is 0 Å². The minimum Gasteiger partial charge on any atom is -0.492 e. The summed E-state index contributed by atoms with van der Waals surface area (Å²) < 4.78 is 11.4. The molecule has 0 spiro atoms. The molecule has 3 heteroatoms. The van der Waals surface area contributed by atoms with Gasteiger partial charge in [-0.1, -0.05) is 18.2 Å². The van der Waals surface area contributed by atoms with Crippen molar-refractivity contribution in [2.45, 2.75) is 25.8 Å². The lowest BCUT2D eigenvalue weighted by atomic mass is 10.3. The minimum atomic E-state index is 0.382. The Labute approximate surface area is 110 Å². The van der Waals surface area contributed by atoms with Crippen LogP contribution in [0.5, 0.6) is 5.75 Å². The number of hydrogen-bond donors (Lipinski definition) is 0. The number of likely N-dealkylation sites (tertiary alicyclic amines) is 1. The maximum atomic E-state index is 5.86. The minimum absolute atomic E-state index is 0.382. The lowest BCUT2D eigenvalue weighted by Gasteiger charge is -2.27. The van der Waals surface area contributed by atoms with Gasteiger partial charge in [0.05, 0.1) is 12.6 Å². The van der Waals surface area contributed by atoms with Crippen LogP contribution in [0, 0.1) is 0 Å². The van der Waals surface area contributed by atoms with Crippen molar-refractivity contribution < 1.29 is 9.47 Å². The van der Waals surface area contributed by atoms with Crippen LogP contribution in [0.15, 0.2) is 30.3 Å². The first-order chi connectivity index (χ1) is 8.90. The van der Waals surface area contributed by atoms with Crippen LogP contribution >= 0.6 is 0 Å². The van der Waals surface area contributed by atoms with Gasteiger partial charge in [0.1, 0.15) is 12.4 Å². The van der Waals surface area contributed by atoms with Crippen molar-refractivity contribution in [1.82, 2.24) is 4.90 Å². The smallest absolute Gasteiger partial charge is 0.119 e. The highest BCUT2D eigenvalue weighted by Gasteiger charge is 2.22. The molecule has 1 heterocycles. The number of ether oxygens (including phenoxy) is 2. The highest BCUT2D eigenvalue weighted by Crippen LogP contribution is 2.15. The van der Waals surface area contributed by atoms with E-state index in [-0.39, 0.29) is 0 Å². The van der Waals surface area contributed by atoms with Crippen molar-refractivity contribution in [2.75, 3.05) is 32.9 Å². The Morgan fingerprint density at radius 3 is 2.50 bits per heavy atom. The van der Waals surface area contributed by atoms with Gasteiger partial charge >= 0.3 is 0 Å². The van der Waals surface area contributed by atoms with Gasteiger partial charge in [-0.3, -0.25) is 4.90 Å². The third kappa shape index (κ3) is 4.00. The number of nitrogens with zero attached hydrogens (tertiary/aromatic N) is 1. The fourth-order valence-electron chi connectivity index (χ4n) is 2.33. The second kappa shape index (κ2) is 7.39. The molecule has 3 nitrogen and oxygen atoms in total. The molecule has 0 N–H and O–H groups in total. The summed E-state index contributed by atoms with van der Waals surface area (Å²) >= 11 is 0. The van der Waals surface area contributed by atoms with E-state index in [4.69, 9.17) is 9.47 Å². The Morgan fingerprint density at radius 2 is 1.83 bits per heavy atom. The highest BCUT2D eigenvalue weighted by molar-refractivity contribution is 5.20. The van der Waals surface area contributed by atoms with Crippen molar-refractivity contribution in [3.05, 3.63) is 30.3 Å². The van der Waals surface area contributed by atoms with Gasteiger partial charge < -0.3 is 9.47 Å². The van der Waals surface area contributed by atoms with Crippen LogP contribution in [0.1, 0.15) is 19.8 Å². The molecule has 1 aliphatic rings. The van der Waals surface area contributed by atoms with E-state index in [1.807, 2.05) is 37.3 Å². The Hall–Kier alpha value is -1.06. The zero-order valence-electron chi connectivity index (χ0n) is 11.2. The predicted molar refractivity (Wildman–Crippen MR) is 73.0 cm³/mol. The molecular weight excluding hydrogens is 226 g/mol. The first kappa shape index (κ1) is 13.4. The standard InChI is InChI=1S/C15H23NO2/c1-2-17-12-14(16-10-6-7-11-16)13-18-15-8-4-3-5-9-15/h3-5,8-9,14H,2,6-7,10-13H2,1H3. The summed E-state index contributed by atoms with van der Waals surface area (Å²) in [4.78, 5) is 2.48. The average Bonchev–Trinajstić information content (AvgIpc) is 2.94. The molecule has 1 saturated heterocycles. The number of benzene rings is 1. The molecule has 100 valence electrons. The largest absolute Gasteiger partial charge is 0.492 e. The first-order valence-corrected chi connectivity index (χ1v) is 6.90. The topological polar surface area (TPSA) is 21.7 Å². The van der Waals surface area contributed by atoms with Crippen LogP contribution in [0.4, 0.5) is 0 Å². The third-order valence-corrected chi connectivity index (χ3v) is 3.36. The van der Waals surface area contributed by atoms with E-state index in [1.54, 1.807) is 0 Å². The molecule has 1 aromatic rings. The fourth-order valence-corrected chi connectivity index (χ4v) is 2.33. The van der Waals surface area contributed by atoms with Gasteiger partial charge in [0.25, 0.3) is 0 Å². The highest BCUT2D eigenvalue weighted by atomic mass is 16.5. The Balaban J connectivity index is 1.84. The molecule has 0 amide bonds. The molecule has 18 heavy (non-hydrogen) atoms. The molecule has 1 unspecified atom stereocenters. The first-order valence-electron chi connectivity index (χ1n) is 6.90. The van der Waals surface area contributed by atoms with Gasteiger partial charge in [-0.25, -0.2) is 0 Å². The molecule has 0 bridgehead atoms. The van der Waals surface area contributed by atoms with Crippen molar-refractivity contribution in [3.8, 4) is 5.75 Å². The molecule has 1 fully saturated rings. The molecule has 1 atom stereocenters. The Bertz CT molecular complexity index is 323. The molecule has 0 aliphatic carbocycles. The normalized spacial score (nSPS) is 17.8. The summed E-state index contributed by atoms with van der Waals surface area (Å²) in [6.45, 7) is 6.65. The third-order valence-electron chi connectivity index (χ3n) is 3.36. The van der Waals surface area contributed by atoms with Crippen molar-refractivity contribution >= 4 is 0 Å². The molecule has 0 radical (unpaired) electrons. The molecule has 0 aromatic heterocycles. The van der Waals surface area contributed by atoms with Crippen LogP contribution in [0.25, 0.3) is 0 Å². The fraction of sp³-hybridized carbons (Fsp3) is 0.600. The number of hydrogen-bond acceptors (Lipinski definition) is 3. The summed E-state index contributed by atoms with van der Waals surface area (Å²) in [6.07, 6.45) is 2.60. The lowest BCUT2D eigenvalue weighted by molar-refractivity contribution is 0.0521. The molecular formula is C15H23NO2. The monoisotopic (exact) mass is 249 g/mol. The summed E-state index contributed by atoms with van der Waals surface area (Å²) in [5.74, 6) is 0.943. The Morgan fingerprint density at radius 1 is 1.11 bits per heavy atom.